The maximum Gasteiger partial charge on any atom is 0.167 e. The molecular formula is C20H23N8OP. The summed E-state index contributed by atoms with van der Waals surface area (Å²) in [5.41, 5.74) is 2.81. The van der Waals surface area contributed by atoms with E-state index < -0.39 is 5.60 Å². The molecule has 0 spiro atoms. The molecule has 0 aliphatic carbocycles. The normalized spacial score (nSPS) is 21.1. The highest BCUT2D eigenvalue weighted by Gasteiger charge is 2.34. The highest BCUT2D eigenvalue weighted by Crippen LogP contribution is 2.35. The number of aromatic nitrogens is 7. The highest BCUT2D eigenvalue weighted by atomic mass is 31.1. The van der Waals surface area contributed by atoms with Crippen molar-refractivity contribution in [2.75, 3.05) is 30.8 Å². The topological polar surface area (TPSA) is 95.0 Å². The summed E-state index contributed by atoms with van der Waals surface area (Å²) in [6.07, 6.45) is 8.05. The van der Waals surface area contributed by atoms with Gasteiger partial charge in [-0.25, -0.2) is 24.5 Å². The molecule has 2 aliphatic rings. The molecule has 6 rings (SSSR count). The molecule has 1 fully saturated rings. The maximum atomic E-state index is 5.97. The standard InChI is InChI=1S/C20H23N8OP/c1-20(2)19-24-15-17(22-7-12-10-30-11-12)25-16(26-18(15)27(19)5-6-29-20)13-8-21-14-3-4-23-28(14)9-13/h3-4,8-9,12,30H,5-7,10-11H2,1-2H3,(H,22,25,26). The predicted octanol–water partition coefficient (Wildman–Crippen LogP) is 2.52. The molecule has 6 heterocycles. The first-order chi connectivity index (χ1) is 14.6. The van der Waals surface area contributed by atoms with Gasteiger partial charge in [0.1, 0.15) is 11.4 Å². The summed E-state index contributed by atoms with van der Waals surface area (Å²) < 4.78 is 9.88. The van der Waals surface area contributed by atoms with Gasteiger partial charge in [-0.2, -0.15) is 5.10 Å². The molecule has 4 aromatic heterocycles. The van der Waals surface area contributed by atoms with Crippen LogP contribution in [0.15, 0.2) is 24.7 Å². The molecule has 30 heavy (non-hydrogen) atoms. The Labute approximate surface area is 175 Å². The Kier molecular flexibility index (Phi) is 4.05. The number of imidazole rings is 1. The summed E-state index contributed by atoms with van der Waals surface area (Å²) in [7, 11) is 1.09. The number of nitrogens with zero attached hydrogens (tertiary/aromatic N) is 7. The van der Waals surface area contributed by atoms with E-state index in [1.807, 2.05) is 12.3 Å². The van der Waals surface area contributed by atoms with Crippen molar-refractivity contribution >= 4 is 31.2 Å². The molecule has 0 bridgehead atoms. The van der Waals surface area contributed by atoms with Crippen LogP contribution >= 0.6 is 8.58 Å². The smallest absolute Gasteiger partial charge is 0.167 e. The van der Waals surface area contributed by atoms with Crippen LogP contribution in [0.2, 0.25) is 0 Å². The molecular weight excluding hydrogens is 399 g/mol. The molecule has 0 radical (unpaired) electrons. The quantitative estimate of drug-likeness (QED) is 0.505. The number of nitrogens with one attached hydrogen (secondary N) is 1. The fourth-order valence-corrected chi connectivity index (χ4v) is 5.03. The van der Waals surface area contributed by atoms with E-state index in [2.05, 4.69) is 33.8 Å². The SMILES string of the molecule is CC1(C)OCCn2c1nc1c(NCC3CPC3)nc(-c3cnc4ccnn4c3)nc12. The Morgan fingerprint density at radius 2 is 2.17 bits per heavy atom. The van der Waals surface area contributed by atoms with Gasteiger partial charge in [-0.1, -0.05) is 0 Å². The van der Waals surface area contributed by atoms with E-state index in [1.165, 1.54) is 12.3 Å². The number of hydrogen-bond donors (Lipinski definition) is 1. The lowest BCUT2D eigenvalue weighted by Crippen LogP contribution is -2.33. The lowest BCUT2D eigenvalue weighted by Gasteiger charge is -2.30. The molecule has 154 valence electrons. The molecule has 0 amide bonds. The average Bonchev–Trinajstić information content (AvgIpc) is 3.31. The first-order valence-corrected chi connectivity index (χ1v) is 11.7. The van der Waals surface area contributed by atoms with Crippen LogP contribution in [-0.2, 0) is 16.9 Å². The molecule has 0 unspecified atom stereocenters. The summed E-state index contributed by atoms with van der Waals surface area (Å²) in [6.45, 7) is 6.38. The Balaban J connectivity index is 1.52. The van der Waals surface area contributed by atoms with Crippen molar-refractivity contribution in [2.45, 2.75) is 26.0 Å². The van der Waals surface area contributed by atoms with Crippen molar-refractivity contribution in [1.29, 1.82) is 0 Å². The second-order valence-corrected chi connectivity index (χ2v) is 9.71. The first-order valence-electron chi connectivity index (χ1n) is 10.3. The first kappa shape index (κ1) is 18.2. The number of anilines is 1. The maximum absolute atomic E-state index is 5.97. The lowest BCUT2D eigenvalue weighted by molar-refractivity contribution is -0.0530. The highest BCUT2D eigenvalue weighted by molar-refractivity contribution is 7.39. The van der Waals surface area contributed by atoms with E-state index >= 15 is 0 Å². The molecule has 0 atom stereocenters. The van der Waals surface area contributed by atoms with Crippen LogP contribution in [0.3, 0.4) is 0 Å². The van der Waals surface area contributed by atoms with Crippen molar-refractivity contribution in [3.63, 3.8) is 0 Å². The van der Waals surface area contributed by atoms with E-state index in [1.54, 1.807) is 16.9 Å². The minimum atomic E-state index is -0.457. The monoisotopic (exact) mass is 422 g/mol. The molecule has 1 saturated heterocycles. The van der Waals surface area contributed by atoms with Crippen LogP contribution in [-0.4, -0.2) is 59.6 Å². The van der Waals surface area contributed by atoms with Crippen molar-refractivity contribution in [3.05, 3.63) is 30.5 Å². The van der Waals surface area contributed by atoms with Gasteiger partial charge >= 0.3 is 0 Å². The summed E-state index contributed by atoms with van der Waals surface area (Å²) >= 11 is 0. The zero-order chi connectivity index (χ0) is 20.3. The fraction of sp³-hybridized carbons (Fsp3) is 0.450. The molecule has 1 N–H and O–H groups in total. The van der Waals surface area contributed by atoms with Crippen molar-refractivity contribution in [1.82, 2.24) is 34.1 Å². The molecule has 2 aliphatic heterocycles. The van der Waals surface area contributed by atoms with Crippen LogP contribution in [0.5, 0.6) is 0 Å². The van der Waals surface area contributed by atoms with Crippen LogP contribution in [0.4, 0.5) is 5.82 Å². The van der Waals surface area contributed by atoms with E-state index in [0.29, 0.717) is 12.4 Å². The Hall–Kier alpha value is -2.64. The number of hydrogen-bond acceptors (Lipinski definition) is 7. The van der Waals surface area contributed by atoms with Crippen LogP contribution in [0.25, 0.3) is 28.2 Å². The Bertz CT molecular complexity index is 1260. The zero-order valence-corrected chi connectivity index (χ0v) is 18.0. The number of rotatable bonds is 4. The number of ether oxygens (including phenoxy) is 1. The van der Waals surface area contributed by atoms with Crippen LogP contribution in [0.1, 0.15) is 19.7 Å². The lowest BCUT2D eigenvalue weighted by atomic mass is 10.1. The third kappa shape index (κ3) is 2.87. The molecule has 4 aromatic rings. The van der Waals surface area contributed by atoms with Gasteiger partial charge in [0.15, 0.2) is 28.5 Å². The Morgan fingerprint density at radius 3 is 3.00 bits per heavy atom. The predicted molar refractivity (Wildman–Crippen MR) is 116 cm³/mol. The summed E-state index contributed by atoms with van der Waals surface area (Å²) in [5, 5.41) is 7.86. The second-order valence-electron chi connectivity index (χ2n) is 8.40. The third-order valence-corrected chi connectivity index (χ3v) is 7.57. The minimum absolute atomic E-state index is 0.457. The number of fused-ring (bicyclic) bond motifs is 4. The largest absolute Gasteiger partial charge is 0.368 e. The Morgan fingerprint density at radius 1 is 1.27 bits per heavy atom. The van der Waals surface area contributed by atoms with Gasteiger partial charge in [0.2, 0.25) is 0 Å². The third-order valence-electron chi connectivity index (χ3n) is 5.84. The van der Waals surface area contributed by atoms with E-state index in [4.69, 9.17) is 19.7 Å². The van der Waals surface area contributed by atoms with E-state index in [0.717, 1.165) is 61.6 Å². The van der Waals surface area contributed by atoms with Gasteiger partial charge in [0.05, 0.1) is 18.4 Å². The van der Waals surface area contributed by atoms with Gasteiger partial charge in [-0.15, -0.1) is 8.58 Å². The van der Waals surface area contributed by atoms with Crippen molar-refractivity contribution in [3.8, 4) is 11.4 Å². The van der Waals surface area contributed by atoms with Gasteiger partial charge < -0.3 is 14.6 Å². The summed E-state index contributed by atoms with van der Waals surface area (Å²) in [6, 6.07) is 1.87. The van der Waals surface area contributed by atoms with Crippen molar-refractivity contribution < 1.29 is 4.74 Å². The van der Waals surface area contributed by atoms with E-state index in [9.17, 15) is 0 Å². The van der Waals surface area contributed by atoms with Gasteiger partial charge in [-0.3, -0.25) is 0 Å². The second kappa shape index (κ2) is 6.68. The molecule has 0 aromatic carbocycles. The van der Waals surface area contributed by atoms with Crippen molar-refractivity contribution in [2.24, 2.45) is 5.92 Å². The fourth-order valence-electron chi connectivity index (χ4n) is 4.04. The van der Waals surface area contributed by atoms with Gasteiger partial charge in [0.25, 0.3) is 0 Å². The molecule has 0 saturated carbocycles. The molecule has 10 heteroatoms. The zero-order valence-electron chi connectivity index (χ0n) is 17.0. The molecule has 9 nitrogen and oxygen atoms in total. The minimum Gasteiger partial charge on any atom is -0.368 e. The summed E-state index contributed by atoms with van der Waals surface area (Å²) in [5.74, 6) is 3.01. The van der Waals surface area contributed by atoms with Crippen LogP contribution < -0.4 is 5.32 Å². The summed E-state index contributed by atoms with van der Waals surface area (Å²) in [4.78, 5) is 19.2. The van der Waals surface area contributed by atoms with Gasteiger partial charge in [-0.05, 0) is 32.1 Å². The van der Waals surface area contributed by atoms with Crippen LogP contribution in [0, 0.1) is 5.92 Å². The van der Waals surface area contributed by atoms with Gasteiger partial charge in [0, 0.05) is 31.5 Å². The van der Waals surface area contributed by atoms with E-state index in [-0.39, 0.29) is 0 Å². The average molecular weight is 422 g/mol.